The van der Waals surface area contributed by atoms with E-state index in [0.29, 0.717) is 0 Å². The van der Waals surface area contributed by atoms with Gasteiger partial charge in [0, 0.05) is 0 Å². The van der Waals surface area contributed by atoms with Gasteiger partial charge in [0.2, 0.25) is 5.91 Å². The van der Waals surface area contributed by atoms with Crippen LogP contribution in [0, 0.1) is 5.82 Å². The van der Waals surface area contributed by atoms with E-state index < -0.39 is 30.4 Å². The highest BCUT2D eigenvalue weighted by atomic mass is 19.4. The van der Waals surface area contributed by atoms with Crippen LogP contribution in [0.5, 0.6) is 0 Å². The van der Waals surface area contributed by atoms with Crippen molar-refractivity contribution in [2.24, 2.45) is 0 Å². The Hall–Kier alpha value is -2.90. The molecular formula is C17H14F4N2O2. The lowest BCUT2D eigenvalue weighted by Gasteiger charge is -2.12. The van der Waals surface area contributed by atoms with Gasteiger partial charge in [-0.05, 0) is 23.8 Å². The predicted molar refractivity (Wildman–Crippen MR) is 83.6 cm³/mol. The highest BCUT2D eigenvalue weighted by Gasteiger charge is 2.28. The molecule has 4 nitrogen and oxygen atoms in total. The number of benzene rings is 2. The molecule has 0 spiro atoms. The highest BCUT2D eigenvalue weighted by molar-refractivity contribution is 6.04. The van der Waals surface area contributed by atoms with Crippen LogP contribution >= 0.6 is 0 Å². The molecule has 132 valence electrons. The first kappa shape index (κ1) is 18.4. The normalized spacial score (nSPS) is 11.0. The number of para-hydroxylation sites is 1. The molecule has 0 saturated heterocycles. The summed E-state index contributed by atoms with van der Waals surface area (Å²) < 4.78 is 50.2. The van der Waals surface area contributed by atoms with Gasteiger partial charge in [-0.1, -0.05) is 30.3 Å². The molecule has 2 amide bonds. The van der Waals surface area contributed by atoms with Crippen LogP contribution in [0.25, 0.3) is 0 Å². The second-order valence-electron chi connectivity index (χ2n) is 5.16. The van der Waals surface area contributed by atoms with E-state index in [-0.39, 0.29) is 23.2 Å². The zero-order valence-electron chi connectivity index (χ0n) is 12.9. The molecule has 0 bridgehead atoms. The van der Waals surface area contributed by atoms with E-state index in [1.165, 1.54) is 42.5 Å². The third-order valence-corrected chi connectivity index (χ3v) is 3.20. The molecule has 0 atom stereocenters. The Labute approximate surface area is 140 Å². The molecule has 0 aliphatic carbocycles. The molecule has 2 aromatic rings. The largest absolute Gasteiger partial charge is 0.405 e. The smallest absolute Gasteiger partial charge is 0.343 e. The fourth-order valence-electron chi connectivity index (χ4n) is 2.07. The van der Waals surface area contributed by atoms with Crippen molar-refractivity contribution in [3.8, 4) is 0 Å². The first-order valence-corrected chi connectivity index (χ1v) is 7.23. The third-order valence-electron chi connectivity index (χ3n) is 3.20. The number of hydrogen-bond donors (Lipinski definition) is 2. The average molecular weight is 354 g/mol. The highest BCUT2D eigenvalue weighted by Crippen LogP contribution is 2.18. The number of nitrogens with one attached hydrogen (secondary N) is 2. The number of hydrogen-bond acceptors (Lipinski definition) is 2. The summed E-state index contributed by atoms with van der Waals surface area (Å²) in [7, 11) is 0. The predicted octanol–water partition coefficient (Wildman–Crippen LogP) is 3.30. The summed E-state index contributed by atoms with van der Waals surface area (Å²) in [5.41, 5.74) is 0.0937. The van der Waals surface area contributed by atoms with E-state index in [0.717, 1.165) is 0 Å². The molecule has 0 unspecified atom stereocenters. The van der Waals surface area contributed by atoms with Gasteiger partial charge in [-0.15, -0.1) is 0 Å². The Kier molecular flexibility index (Phi) is 5.74. The molecule has 2 rings (SSSR count). The summed E-state index contributed by atoms with van der Waals surface area (Å²) in [5, 5.41) is 4.15. The molecule has 2 aromatic carbocycles. The summed E-state index contributed by atoms with van der Waals surface area (Å²) in [5.74, 6) is -2.12. The number of carbonyl (C=O) groups excluding carboxylic acids is 2. The maximum Gasteiger partial charge on any atom is 0.405 e. The van der Waals surface area contributed by atoms with Crippen LogP contribution < -0.4 is 10.6 Å². The standard InChI is InChI=1S/C17H14F4N2O2/c18-13-7-3-1-5-11(13)9-15(24)23-14-8-4-2-6-12(14)16(25)22-10-17(19,20)21/h1-8H,9-10H2,(H,22,25)(H,23,24). The Morgan fingerprint density at radius 1 is 0.960 bits per heavy atom. The van der Waals surface area contributed by atoms with Gasteiger partial charge in [0.1, 0.15) is 12.4 Å². The lowest BCUT2D eigenvalue weighted by Crippen LogP contribution is -2.34. The Balaban J connectivity index is 2.08. The van der Waals surface area contributed by atoms with Gasteiger partial charge < -0.3 is 10.6 Å². The van der Waals surface area contributed by atoms with Crippen LogP contribution in [0.3, 0.4) is 0 Å². The topological polar surface area (TPSA) is 58.2 Å². The van der Waals surface area contributed by atoms with Gasteiger partial charge >= 0.3 is 6.18 Å². The summed E-state index contributed by atoms with van der Waals surface area (Å²) in [6.07, 6.45) is -4.82. The van der Waals surface area contributed by atoms with E-state index in [9.17, 15) is 27.2 Å². The molecule has 8 heteroatoms. The van der Waals surface area contributed by atoms with Crippen molar-refractivity contribution >= 4 is 17.5 Å². The van der Waals surface area contributed by atoms with Gasteiger partial charge in [0.15, 0.2) is 0 Å². The van der Waals surface area contributed by atoms with Crippen molar-refractivity contribution < 1.29 is 27.2 Å². The van der Waals surface area contributed by atoms with E-state index in [4.69, 9.17) is 0 Å². The zero-order chi connectivity index (χ0) is 18.4. The number of alkyl halides is 3. The SMILES string of the molecule is O=C(Cc1ccccc1F)Nc1ccccc1C(=O)NCC(F)(F)F. The van der Waals surface area contributed by atoms with Crippen molar-refractivity contribution in [2.45, 2.75) is 12.6 Å². The first-order chi connectivity index (χ1) is 11.8. The zero-order valence-corrected chi connectivity index (χ0v) is 12.9. The molecular weight excluding hydrogens is 340 g/mol. The van der Waals surface area contributed by atoms with Gasteiger partial charge in [0.25, 0.3) is 5.91 Å². The number of amides is 2. The Morgan fingerprint density at radius 3 is 2.28 bits per heavy atom. The Morgan fingerprint density at radius 2 is 1.60 bits per heavy atom. The molecule has 0 fully saturated rings. The van der Waals surface area contributed by atoms with Crippen molar-refractivity contribution in [2.75, 3.05) is 11.9 Å². The lowest BCUT2D eigenvalue weighted by molar-refractivity contribution is -0.123. The summed E-state index contributed by atoms with van der Waals surface area (Å²) in [6, 6.07) is 11.3. The Bertz CT molecular complexity index is 775. The van der Waals surface area contributed by atoms with E-state index in [2.05, 4.69) is 5.32 Å². The first-order valence-electron chi connectivity index (χ1n) is 7.23. The second-order valence-corrected chi connectivity index (χ2v) is 5.16. The average Bonchev–Trinajstić information content (AvgIpc) is 2.54. The van der Waals surface area contributed by atoms with Crippen molar-refractivity contribution in [1.29, 1.82) is 0 Å². The van der Waals surface area contributed by atoms with Crippen LogP contribution in [0.2, 0.25) is 0 Å². The second kappa shape index (κ2) is 7.78. The van der Waals surface area contributed by atoms with Gasteiger partial charge in [-0.2, -0.15) is 13.2 Å². The van der Waals surface area contributed by atoms with Gasteiger partial charge in [-0.25, -0.2) is 4.39 Å². The number of rotatable bonds is 5. The van der Waals surface area contributed by atoms with E-state index in [1.807, 2.05) is 0 Å². The molecule has 0 radical (unpaired) electrons. The minimum absolute atomic E-state index is 0.0449. The van der Waals surface area contributed by atoms with Crippen LogP contribution in [-0.2, 0) is 11.2 Å². The van der Waals surface area contributed by atoms with Crippen LogP contribution in [0.4, 0.5) is 23.2 Å². The fraction of sp³-hybridized carbons (Fsp3) is 0.176. The molecule has 2 N–H and O–H groups in total. The van der Waals surface area contributed by atoms with E-state index >= 15 is 0 Å². The number of anilines is 1. The van der Waals surface area contributed by atoms with Crippen molar-refractivity contribution in [3.63, 3.8) is 0 Å². The third kappa shape index (κ3) is 5.59. The van der Waals surface area contributed by atoms with Crippen LogP contribution in [0.15, 0.2) is 48.5 Å². The lowest BCUT2D eigenvalue weighted by atomic mass is 10.1. The fourth-order valence-corrected chi connectivity index (χ4v) is 2.07. The minimum Gasteiger partial charge on any atom is -0.343 e. The molecule has 25 heavy (non-hydrogen) atoms. The molecule has 0 aromatic heterocycles. The molecule has 0 aliphatic rings. The maximum atomic E-state index is 13.6. The summed E-state index contributed by atoms with van der Waals surface area (Å²) in [4.78, 5) is 23.9. The van der Waals surface area contributed by atoms with Gasteiger partial charge in [-0.3, -0.25) is 9.59 Å². The van der Waals surface area contributed by atoms with Crippen LogP contribution in [-0.4, -0.2) is 24.5 Å². The summed E-state index contributed by atoms with van der Waals surface area (Å²) in [6.45, 7) is -1.48. The summed E-state index contributed by atoms with van der Waals surface area (Å²) >= 11 is 0. The van der Waals surface area contributed by atoms with Crippen molar-refractivity contribution in [1.82, 2.24) is 5.32 Å². The number of halogens is 4. The monoisotopic (exact) mass is 354 g/mol. The molecule has 0 aliphatic heterocycles. The van der Waals surface area contributed by atoms with Crippen molar-refractivity contribution in [3.05, 3.63) is 65.5 Å². The number of carbonyl (C=O) groups is 2. The minimum atomic E-state index is -4.54. The quantitative estimate of drug-likeness (QED) is 0.810. The van der Waals surface area contributed by atoms with E-state index in [1.54, 1.807) is 11.4 Å². The van der Waals surface area contributed by atoms with Gasteiger partial charge in [0.05, 0.1) is 17.7 Å². The van der Waals surface area contributed by atoms with Crippen LogP contribution in [0.1, 0.15) is 15.9 Å². The molecule has 0 saturated carbocycles. The maximum absolute atomic E-state index is 13.6. The molecule has 0 heterocycles.